The van der Waals surface area contributed by atoms with E-state index in [0.717, 1.165) is 28.0 Å². The van der Waals surface area contributed by atoms with Gasteiger partial charge in [-0.25, -0.2) is 4.79 Å². The first-order valence-corrected chi connectivity index (χ1v) is 8.96. The van der Waals surface area contributed by atoms with E-state index in [9.17, 15) is 14.7 Å². The maximum Gasteiger partial charge on any atom is 0.347 e. The van der Waals surface area contributed by atoms with E-state index >= 15 is 0 Å². The number of rotatable bonds is 7. The third kappa shape index (κ3) is 4.80. The van der Waals surface area contributed by atoms with Crippen molar-refractivity contribution in [3.05, 3.63) is 64.2 Å². The summed E-state index contributed by atoms with van der Waals surface area (Å²) in [7, 11) is 1.60. The van der Waals surface area contributed by atoms with E-state index in [4.69, 9.17) is 9.47 Å². The topological polar surface area (TPSA) is 72.8 Å². The van der Waals surface area contributed by atoms with E-state index in [1.807, 2.05) is 32.9 Å². The van der Waals surface area contributed by atoms with Gasteiger partial charge in [0.2, 0.25) is 0 Å². The number of carbonyl (C=O) groups is 2. The van der Waals surface area contributed by atoms with Crippen LogP contribution in [0, 0.1) is 20.8 Å². The van der Waals surface area contributed by atoms with Gasteiger partial charge in [-0.05, 0) is 93.3 Å². The first-order valence-electron chi connectivity index (χ1n) is 8.96. The van der Waals surface area contributed by atoms with Gasteiger partial charge in [-0.3, -0.25) is 4.79 Å². The number of carboxylic acid groups (broad SMARTS) is 1. The Morgan fingerprint density at radius 1 is 1.00 bits per heavy atom. The maximum atomic E-state index is 12.5. The summed E-state index contributed by atoms with van der Waals surface area (Å²) in [6.45, 7) is 8.62. The fraction of sp³-hybridized carbons (Fsp3) is 0.304. The average Bonchev–Trinajstić information content (AvgIpc) is 2.62. The summed E-state index contributed by atoms with van der Waals surface area (Å²) in [4.78, 5) is 23.8. The zero-order valence-corrected chi connectivity index (χ0v) is 17.1. The summed E-state index contributed by atoms with van der Waals surface area (Å²) in [6, 6.07) is 9.04. The maximum absolute atomic E-state index is 12.5. The number of allylic oxidation sites excluding steroid dienone is 1. The van der Waals surface area contributed by atoms with Crippen LogP contribution in [0.1, 0.15) is 46.5 Å². The van der Waals surface area contributed by atoms with Crippen LogP contribution in [0.3, 0.4) is 0 Å². The molecule has 5 nitrogen and oxygen atoms in total. The number of hydrogen-bond donors (Lipinski definition) is 1. The number of methoxy groups -OCH3 is 1. The van der Waals surface area contributed by atoms with Crippen molar-refractivity contribution in [3.8, 4) is 11.5 Å². The largest absolute Gasteiger partial charge is 0.496 e. The van der Waals surface area contributed by atoms with Crippen LogP contribution < -0.4 is 9.47 Å². The lowest BCUT2D eigenvalue weighted by molar-refractivity contribution is -0.152. The van der Waals surface area contributed by atoms with Gasteiger partial charge in [0.05, 0.1) is 7.11 Å². The Bertz CT molecular complexity index is 915. The van der Waals surface area contributed by atoms with Gasteiger partial charge in [0.25, 0.3) is 0 Å². The monoisotopic (exact) mass is 382 g/mol. The highest BCUT2D eigenvalue weighted by Gasteiger charge is 2.30. The fourth-order valence-corrected chi connectivity index (χ4v) is 2.84. The van der Waals surface area contributed by atoms with E-state index in [1.54, 1.807) is 31.4 Å². The number of carbonyl (C=O) groups excluding carboxylic acids is 1. The van der Waals surface area contributed by atoms with Crippen LogP contribution in [-0.4, -0.2) is 29.6 Å². The summed E-state index contributed by atoms with van der Waals surface area (Å²) >= 11 is 0. The molecule has 0 amide bonds. The van der Waals surface area contributed by atoms with Gasteiger partial charge < -0.3 is 14.6 Å². The summed E-state index contributed by atoms with van der Waals surface area (Å²) in [5.74, 6) is 0.150. The molecule has 5 heteroatoms. The van der Waals surface area contributed by atoms with E-state index in [-0.39, 0.29) is 5.78 Å². The molecule has 0 heterocycles. The molecular weight excluding hydrogens is 356 g/mol. The number of aliphatic carboxylic acids is 1. The highest BCUT2D eigenvalue weighted by molar-refractivity contribution is 6.07. The van der Waals surface area contributed by atoms with Gasteiger partial charge in [0, 0.05) is 5.56 Å². The normalized spacial score (nSPS) is 11.5. The molecule has 0 aliphatic rings. The second-order valence-corrected chi connectivity index (χ2v) is 7.28. The standard InChI is InChI=1S/C23H26O5/c1-14-13-18(8-10-20(14)27-6)19(24)9-7-17-11-15(2)21(16(3)12-17)28-23(4,5)22(25)26/h7-13H,1-6H3,(H,25,26). The Labute approximate surface area is 165 Å². The van der Waals surface area contributed by atoms with Gasteiger partial charge >= 0.3 is 5.97 Å². The van der Waals surface area contributed by atoms with Crippen LogP contribution in [0.15, 0.2) is 36.4 Å². The Kier molecular flexibility index (Phi) is 6.29. The van der Waals surface area contributed by atoms with Crippen LogP contribution in [0.2, 0.25) is 0 Å². The minimum absolute atomic E-state index is 0.103. The quantitative estimate of drug-likeness (QED) is 0.552. The molecule has 0 radical (unpaired) electrons. The molecule has 148 valence electrons. The molecule has 2 aromatic rings. The van der Waals surface area contributed by atoms with Crippen LogP contribution in [0.5, 0.6) is 11.5 Å². The minimum Gasteiger partial charge on any atom is -0.496 e. The van der Waals surface area contributed by atoms with Crippen LogP contribution in [-0.2, 0) is 4.79 Å². The van der Waals surface area contributed by atoms with Gasteiger partial charge in [-0.1, -0.05) is 6.08 Å². The predicted octanol–water partition coefficient (Wildman–Crippen LogP) is 4.76. The Hall–Kier alpha value is -3.08. The van der Waals surface area contributed by atoms with E-state index in [1.165, 1.54) is 19.9 Å². The SMILES string of the molecule is COc1ccc(C(=O)C=Cc2cc(C)c(OC(C)(C)C(=O)O)c(C)c2)cc1C. The second kappa shape index (κ2) is 8.30. The molecule has 0 aliphatic heterocycles. The van der Waals surface area contributed by atoms with Gasteiger partial charge in [0.15, 0.2) is 11.4 Å². The summed E-state index contributed by atoms with van der Waals surface area (Å²) in [5.41, 5.74) is 2.62. The van der Waals surface area contributed by atoms with Crippen molar-refractivity contribution in [3.63, 3.8) is 0 Å². The molecule has 0 aliphatic carbocycles. The number of hydrogen-bond acceptors (Lipinski definition) is 4. The minimum atomic E-state index is -1.32. The third-order valence-corrected chi connectivity index (χ3v) is 4.46. The van der Waals surface area contributed by atoms with Crippen molar-refractivity contribution < 1.29 is 24.2 Å². The van der Waals surface area contributed by atoms with Gasteiger partial charge in [0.1, 0.15) is 11.5 Å². The lowest BCUT2D eigenvalue weighted by atomic mass is 10.0. The fourth-order valence-electron chi connectivity index (χ4n) is 2.84. The van der Waals surface area contributed by atoms with Crippen LogP contribution in [0.4, 0.5) is 0 Å². The number of aryl methyl sites for hydroxylation is 3. The van der Waals surface area contributed by atoms with E-state index in [2.05, 4.69) is 0 Å². The zero-order chi connectivity index (χ0) is 21.1. The van der Waals surface area contributed by atoms with Crippen molar-refractivity contribution in [2.45, 2.75) is 40.2 Å². The molecule has 0 saturated heterocycles. The van der Waals surface area contributed by atoms with Gasteiger partial charge in [-0.15, -0.1) is 0 Å². The molecule has 0 saturated carbocycles. The molecule has 0 atom stereocenters. The average molecular weight is 382 g/mol. The molecule has 0 fully saturated rings. The van der Waals surface area contributed by atoms with Crippen LogP contribution >= 0.6 is 0 Å². The van der Waals surface area contributed by atoms with Crippen molar-refractivity contribution in [2.24, 2.45) is 0 Å². The molecule has 2 rings (SSSR count). The number of benzene rings is 2. The Morgan fingerprint density at radius 3 is 2.11 bits per heavy atom. The van der Waals surface area contributed by atoms with E-state index in [0.29, 0.717) is 11.3 Å². The molecule has 1 N–H and O–H groups in total. The first-order chi connectivity index (χ1) is 13.0. The Morgan fingerprint density at radius 2 is 1.61 bits per heavy atom. The highest BCUT2D eigenvalue weighted by Crippen LogP contribution is 2.29. The van der Waals surface area contributed by atoms with Crippen molar-refractivity contribution >= 4 is 17.8 Å². The second-order valence-electron chi connectivity index (χ2n) is 7.28. The molecule has 28 heavy (non-hydrogen) atoms. The molecule has 0 unspecified atom stereocenters. The van der Waals surface area contributed by atoms with Crippen molar-refractivity contribution in [1.82, 2.24) is 0 Å². The molecule has 2 aromatic carbocycles. The van der Waals surface area contributed by atoms with Gasteiger partial charge in [-0.2, -0.15) is 0 Å². The Balaban J connectivity index is 2.24. The van der Waals surface area contributed by atoms with E-state index < -0.39 is 11.6 Å². The number of carboxylic acids is 1. The molecule has 0 spiro atoms. The number of ketones is 1. The first kappa shape index (κ1) is 21.2. The summed E-state index contributed by atoms with van der Waals surface area (Å²) < 4.78 is 10.9. The predicted molar refractivity (Wildman–Crippen MR) is 109 cm³/mol. The molecular formula is C23H26O5. The smallest absolute Gasteiger partial charge is 0.347 e. The lowest BCUT2D eigenvalue weighted by Crippen LogP contribution is -2.38. The molecule has 0 aromatic heterocycles. The molecule has 0 bridgehead atoms. The lowest BCUT2D eigenvalue weighted by Gasteiger charge is -2.24. The van der Waals surface area contributed by atoms with Crippen molar-refractivity contribution in [1.29, 1.82) is 0 Å². The zero-order valence-electron chi connectivity index (χ0n) is 17.1. The summed E-state index contributed by atoms with van der Waals surface area (Å²) in [6.07, 6.45) is 3.27. The number of ether oxygens (including phenoxy) is 2. The van der Waals surface area contributed by atoms with Crippen molar-refractivity contribution in [2.75, 3.05) is 7.11 Å². The van der Waals surface area contributed by atoms with Crippen LogP contribution in [0.25, 0.3) is 6.08 Å². The summed E-state index contributed by atoms with van der Waals surface area (Å²) in [5, 5.41) is 9.26. The highest BCUT2D eigenvalue weighted by atomic mass is 16.5. The third-order valence-electron chi connectivity index (χ3n) is 4.46.